The molecule has 3 aromatic rings. The van der Waals surface area contributed by atoms with Gasteiger partial charge in [-0.3, -0.25) is 4.55 Å². The van der Waals surface area contributed by atoms with Crippen LogP contribution in [0.5, 0.6) is 5.75 Å². The van der Waals surface area contributed by atoms with Crippen molar-refractivity contribution in [2.24, 2.45) is 0 Å². The van der Waals surface area contributed by atoms with Gasteiger partial charge in [0.1, 0.15) is 4.90 Å². The van der Waals surface area contributed by atoms with Crippen molar-refractivity contribution >= 4 is 56.6 Å². The molecule has 12 nitrogen and oxygen atoms in total. The molecule has 6 N–H and O–H groups in total. The van der Waals surface area contributed by atoms with Gasteiger partial charge >= 0.3 is 35.5 Å². The maximum atomic E-state index is 11.5. The Morgan fingerprint density at radius 2 is 1.58 bits per heavy atom. The van der Waals surface area contributed by atoms with E-state index >= 15 is 0 Å². The van der Waals surface area contributed by atoms with Crippen LogP contribution >= 0.6 is 11.6 Å². The van der Waals surface area contributed by atoms with Crippen molar-refractivity contribution in [3.8, 4) is 5.75 Å². The molecule has 0 saturated heterocycles. The van der Waals surface area contributed by atoms with Crippen LogP contribution in [0, 0.1) is 0 Å². The molecule has 1 aromatic heterocycles. The topological polar surface area (TPSA) is 203 Å². The molecule has 0 amide bonds. The van der Waals surface area contributed by atoms with Crippen molar-refractivity contribution in [1.29, 1.82) is 0 Å². The second-order valence-electron chi connectivity index (χ2n) is 5.75. The molecular weight excluding hydrogens is 463 g/mol. The molecule has 2 aromatic carbocycles. The molecule has 0 aliphatic rings. The van der Waals surface area contributed by atoms with Gasteiger partial charge in [-0.25, -0.2) is 4.79 Å². The zero-order valence-corrected chi connectivity index (χ0v) is 19.3. The van der Waals surface area contributed by atoms with Crippen molar-refractivity contribution < 1.29 is 57.5 Å². The molecule has 15 heteroatoms. The van der Waals surface area contributed by atoms with Gasteiger partial charge in [0.05, 0.1) is 11.3 Å². The van der Waals surface area contributed by atoms with Gasteiger partial charge in [0.15, 0.2) is 0 Å². The van der Waals surface area contributed by atoms with E-state index in [0.29, 0.717) is 0 Å². The number of nitrogens with one attached hydrogen (secondary N) is 2. The number of rotatable bonds is 6. The fourth-order valence-corrected chi connectivity index (χ4v) is 3.13. The van der Waals surface area contributed by atoms with Gasteiger partial charge in [-0.2, -0.15) is 23.4 Å². The Hall–Kier alpha value is -2.68. The minimum atomic E-state index is -4.55. The summed E-state index contributed by atoms with van der Waals surface area (Å²) in [5.41, 5.74) is 5.32. The summed E-state index contributed by atoms with van der Waals surface area (Å²) in [5, 5.41) is 25.7. The van der Waals surface area contributed by atoms with Gasteiger partial charge in [0.2, 0.25) is 17.2 Å². The molecule has 0 radical (unpaired) electrons. The fourth-order valence-electron chi connectivity index (χ4n) is 2.33. The summed E-state index contributed by atoms with van der Waals surface area (Å²) in [6.45, 7) is 0. The van der Waals surface area contributed by atoms with E-state index in [1.54, 1.807) is 0 Å². The quantitative estimate of drug-likeness (QED) is 0.159. The Morgan fingerprint density at radius 3 is 2.13 bits per heavy atom. The first-order valence-electron chi connectivity index (χ1n) is 7.90. The van der Waals surface area contributed by atoms with Crippen LogP contribution in [0.15, 0.2) is 41.3 Å². The van der Waals surface area contributed by atoms with E-state index in [9.17, 15) is 22.9 Å². The number of aromatic carboxylic acids is 1. The summed E-state index contributed by atoms with van der Waals surface area (Å²) >= 11 is 5.88. The SMILES string of the molecule is Nc1ccc(Nc2nc(Cl)nc(Nc3ccc([O-])c(C(=O)O)c3)n2)cc1S(=O)(=O)O.[Na+]. The summed E-state index contributed by atoms with van der Waals surface area (Å²) in [5.74, 6) is -2.24. The predicted molar refractivity (Wildman–Crippen MR) is 105 cm³/mol. The van der Waals surface area contributed by atoms with Crippen LogP contribution in [-0.2, 0) is 10.1 Å². The monoisotopic (exact) mass is 474 g/mol. The number of nitrogens with two attached hydrogens (primary N) is 1. The van der Waals surface area contributed by atoms with Gasteiger partial charge in [0, 0.05) is 11.4 Å². The summed E-state index contributed by atoms with van der Waals surface area (Å²) in [4.78, 5) is 22.3. The summed E-state index contributed by atoms with van der Waals surface area (Å²) < 4.78 is 32.0. The molecule has 0 fully saturated rings. The zero-order valence-electron chi connectivity index (χ0n) is 15.7. The van der Waals surface area contributed by atoms with E-state index < -0.39 is 32.3 Å². The summed E-state index contributed by atoms with van der Waals surface area (Å²) in [6.07, 6.45) is 0. The van der Waals surface area contributed by atoms with E-state index in [0.717, 1.165) is 18.2 Å². The number of carbonyl (C=O) groups is 1. The van der Waals surface area contributed by atoms with Crippen LogP contribution in [0.2, 0.25) is 5.28 Å². The molecule has 0 aliphatic heterocycles. The third kappa shape index (κ3) is 6.16. The van der Waals surface area contributed by atoms with E-state index in [1.807, 2.05) is 0 Å². The Kier molecular flexibility index (Phi) is 7.64. The third-order valence-electron chi connectivity index (χ3n) is 3.62. The van der Waals surface area contributed by atoms with Crippen molar-refractivity contribution in [2.45, 2.75) is 4.90 Å². The first-order chi connectivity index (χ1) is 14.0. The van der Waals surface area contributed by atoms with Crippen LogP contribution in [0.4, 0.5) is 29.0 Å². The van der Waals surface area contributed by atoms with Gasteiger partial charge in [-0.05, 0) is 41.9 Å². The smallest absolute Gasteiger partial charge is 0.872 e. The molecule has 31 heavy (non-hydrogen) atoms. The molecule has 3 rings (SSSR count). The van der Waals surface area contributed by atoms with Gasteiger partial charge < -0.3 is 26.6 Å². The minimum absolute atomic E-state index is 0. The maximum absolute atomic E-state index is 11.5. The van der Waals surface area contributed by atoms with Crippen molar-refractivity contribution in [3.63, 3.8) is 0 Å². The van der Waals surface area contributed by atoms with E-state index in [2.05, 4.69) is 25.6 Å². The van der Waals surface area contributed by atoms with Crippen LogP contribution in [0.3, 0.4) is 0 Å². The van der Waals surface area contributed by atoms with E-state index in [1.165, 1.54) is 18.2 Å². The van der Waals surface area contributed by atoms with Crippen LogP contribution in [0.1, 0.15) is 10.4 Å². The number of halogens is 1. The second-order valence-corrected chi connectivity index (χ2v) is 7.47. The molecule has 156 valence electrons. The Labute approximate surface area is 202 Å². The Morgan fingerprint density at radius 1 is 1.03 bits per heavy atom. The number of nitrogens with zero attached hydrogens (tertiary/aromatic N) is 3. The normalized spacial score (nSPS) is 10.8. The average molecular weight is 475 g/mol. The van der Waals surface area contributed by atoms with Crippen molar-refractivity contribution in [3.05, 3.63) is 47.2 Å². The molecule has 0 atom stereocenters. The Bertz CT molecular complexity index is 1260. The molecule has 0 bridgehead atoms. The van der Waals surface area contributed by atoms with Gasteiger partial charge in [-0.1, -0.05) is 11.8 Å². The minimum Gasteiger partial charge on any atom is -0.872 e. The molecule has 0 saturated carbocycles. The van der Waals surface area contributed by atoms with Gasteiger partial charge in [-0.15, -0.1) is 0 Å². The number of aromatic nitrogens is 3. The number of hydrogen-bond donors (Lipinski definition) is 5. The first kappa shape index (κ1) is 24.6. The predicted octanol–water partition coefficient (Wildman–Crippen LogP) is -1.38. The van der Waals surface area contributed by atoms with Gasteiger partial charge in [0.25, 0.3) is 10.1 Å². The Balaban J connectivity index is 0.00000341. The summed E-state index contributed by atoms with van der Waals surface area (Å²) in [6, 6.07) is 7.25. The number of carboxylic acid groups (broad SMARTS) is 1. The largest absolute Gasteiger partial charge is 1.00 e. The van der Waals surface area contributed by atoms with Crippen molar-refractivity contribution in [2.75, 3.05) is 16.4 Å². The number of anilines is 5. The van der Waals surface area contributed by atoms with Crippen LogP contribution in [-0.4, -0.2) is 39.0 Å². The molecule has 0 unspecified atom stereocenters. The first-order valence-corrected chi connectivity index (χ1v) is 9.72. The number of hydrogen-bond acceptors (Lipinski definition) is 10. The third-order valence-corrected chi connectivity index (χ3v) is 4.70. The number of carboxylic acids is 1. The summed E-state index contributed by atoms with van der Waals surface area (Å²) in [7, 11) is -4.55. The molecular formula is C16H12ClN6NaO6S. The molecule has 0 aliphatic carbocycles. The second kappa shape index (κ2) is 9.64. The van der Waals surface area contributed by atoms with E-state index in [-0.39, 0.29) is 63.8 Å². The van der Waals surface area contributed by atoms with Crippen LogP contribution in [0.25, 0.3) is 0 Å². The van der Waals surface area contributed by atoms with E-state index in [4.69, 9.17) is 22.4 Å². The zero-order chi connectivity index (χ0) is 22.1. The maximum Gasteiger partial charge on any atom is 1.00 e. The average Bonchev–Trinajstić information content (AvgIpc) is 2.63. The standard InChI is InChI=1S/C16H13ClN6O6S.Na/c17-14-21-15(19-7-2-4-11(24)9(5-7)13(25)26)23-16(22-14)20-8-1-3-10(18)12(6-8)30(27,28)29;/h1-6,24H,18H2,(H,25,26)(H,27,28,29)(H2,19,20,21,22,23);/q;+1/p-1. The van der Waals surface area contributed by atoms with Crippen LogP contribution < -0.4 is 51.0 Å². The molecule has 0 spiro atoms. The molecule has 1 heterocycles. The fraction of sp³-hybridized carbons (Fsp3) is 0. The number of benzene rings is 2. The number of nitrogen functional groups attached to an aromatic ring is 1. The van der Waals surface area contributed by atoms with Crippen molar-refractivity contribution in [1.82, 2.24) is 15.0 Å².